The minimum Gasteiger partial charge on any atom is -0.493 e. The lowest BCUT2D eigenvalue weighted by molar-refractivity contribution is 0.0784. The average Bonchev–Trinajstić information content (AvgIpc) is 3.46. The number of rotatable bonds is 7. The summed E-state index contributed by atoms with van der Waals surface area (Å²) >= 11 is 1.46. The molecule has 0 atom stereocenters. The van der Waals surface area contributed by atoms with Crippen LogP contribution in [0.15, 0.2) is 41.4 Å². The number of H-pyrrole nitrogens is 1. The summed E-state index contributed by atoms with van der Waals surface area (Å²) in [6.07, 6.45) is 3.19. The second-order valence-electron chi connectivity index (χ2n) is 6.98. The number of carbonyl (C=O) groups is 1. The number of nitrogens with one attached hydrogen (secondary N) is 1. The molecule has 0 spiro atoms. The first kappa shape index (κ1) is 21.0. The van der Waals surface area contributed by atoms with Crippen LogP contribution in [0.4, 0.5) is 4.39 Å². The normalized spacial score (nSPS) is 11.1. The van der Waals surface area contributed by atoms with E-state index in [1.807, 2.05) is 23.8 Å². The number of amides is 1. The highest BCUT2D eigenvalue weighted by atomic mass is 32.1. The number of benzene rings is 1. The lowest BCUT2D eigenvalue weighted by Crippen LogP contribution is -2.26. The summed E-state index contributed by atoms with van der Waals surface area (Å²) in [7, 11) is 1.63. The van der Waals surface area contributed by atoms with Gasteiger partial charge in [-0.1, -0.05) is 0 Å². The lowest BCUT2D eigenvalue weighted by Gasteiger charge is -2.19. The molecule has 1 aromatic carbocycles. The van der Waals surface area contributed by atoms with E-state index in [4.69, 9.17) is 4.74 Å². The van der Waals surface area contributed by atoms with Gasteiger partial charge in [-0.3, -0.25) is 14.9 Å². The SMILES string of the molecule is CCOc1cc(C(=O)N(C)Cc2cnc(CO)c3cn[nH]c23)cc(F)c1-c1ccsc1. The Balaban J connectivity index is 1.64. The van der Waals surface area contributed by atoms with Gasteiger partial charge in [0, 0.05) is 36.3 Å². The first-order valence-electron chi connectivity index (χ1n) is 9.68. The van der Waals surface area contributed by atoms with E-state index in [2.05, 4.69) is 15.2 Å². The molecule has 1 amide bonds. The van der Waals surface area contributed by atoms with Gasteiger partial charge >= 0.3 is 0 Å². The number of carbonyl (C=O) groups excluding carboxylic acids is 1. The van der Waals surface area contributed by atoms with Gasteiger partial charge in [0.25, 0.3) is 5.91 Å². The number of aliphatic hydroxyl groups excluding tert-OH is 1. The highest BCUT2D eigenvalue weighted by Gasteiger charge is 2.21. The number of ether oxygens (including phenoxy) is 1. The fraction of sp³-hybridized carbons (Fsp3) is 0.227. The minimum absolute atomic E-state index is 0.197. The fourth-order valence-corrected chi connectivity index (χ4v) is 4.14. The number of aromatic amines is 1. The Kier molecular flexibility index (Phi) is 5.97. The van der Waals surface area contributed by atoms with Gasteiger partial charge in [0.15, 0.2) is 0 Å². The molecule has 0 bridgehead atoms. The van der Waals surface area contributed by atoms with Crippen LogP contribution in [0.5, 0.6) is 5.75 Å². The molecule has 160 valence electrons. The Bertz CT molecular complexity index is 1220. The van der Waals surface area contributed by atoms with Crippen molar-refractivity contribution in [1.82, 2.24) is 20.1 Å². The third-order valence-corrected chi connectivity index (χ3v) is 5.65. The molecule has 4 aromatic rings. The Labute approximate surface area is 182 Å². The molecule has 0 unspecified atom stereocenters. The van der Waals surface area contributed by atoms with Gasteiger partial charge in [-0.15, -0.1) is 0 Å². The Hall–Kier alpha value is -3.30. The number of pyridine rings is 1. The molecule has 4 rings (SSSR count). The molecule has 3 heterocycles. The monoisotopic (exact) mass is 440 g/mol. The Morgan fingerprint density at radius 2 is 2.19 bits per heavy atom. The number of fused-ring (bicyclic) bond motifs is 1. The molecule has 3 aromatic heterocycles. The van der Waals surface area contributed by atoms with Gasteiger partial charge in [0.2, 0.25) is 0 Å². The maximum Gasteiger partial charge on any atom is 0.254 e. The molecular weight excluding hydrogens is 419 g/mol. The van der Waals surface area contributed by atoms with E-state index in [0.29, 0.717) is 34.5 Å². The summed E-state index contributed by atoms with van der Waals surface area (Å²) in [5.41, 5.74) is 3.21. The topological polar surface area (TPSA) is 91.3 Å². The van der Waals surface area contributed by atoms with Crippen LogP contribution in [0.3, 0.4) is 0 Å². The van der Waals surface area contributed by atoms with Crippen molar-refractivity contribution < 1.29 is 19.0 Å². The number of thiophene rings is 1. The quantitative estimate of drug-likeness (QED) is 0.453. The number of nitrogens with zero attached hydrogens (tertiary/aromatic N) is 3. The largest absolute Gasteiger partial charge is 0.493 e. The van der Waals surface area contributed by atoms with E-state index >= 15 is 4.39 Å². The highest BCUT2D eigenvalue weighted by molar-refractivity contribution is 7.08. The molecule has 0 fully saturated rings. The van der Waals surface area contributed by atoms with Crippen LogP contribution in [0.2, 0.25) is 0 Å². The fourth-order valence-electron chi connectivity index (χ4n) is 3.49. The van der Waals surface area contributed by atoms with E-state index in [9.17, 15) is 9.90 Å². The van der Waals surface area contributed by atoms with Crippen LogP contribution < -0.4 is 4.74 Å². The molecular formula is C22H21FN4O3S. The molecule has 0 saturated carbocycles. The molecule has 0 radical (unpaired) electrons. The maximum atomic E-state index is 15.0. The molecule has 0 aliphatic carbocycles. The number of halogens is 1. The van der Waals surface area contributed by atoms with Crippen molar-refractivity contribution in [3.05, 3.63) is 64.0 Å². The second kappa shape index (κ2) is 8.83. The van der Waals surface area contributed by atoms with E-state index < -0.39 is 5.82 Å². The van der Waals surface area contributed by atoms with Crippen LogP contribution >= 0.6 is 11.3 Å². The first-order chi connectivity index (χ1) is 15.0. The van der Waals surface area contributed by atoms with E-state index in [1.165, 1.54) is 22.3 Å². The van der Waals surface area contributed by atoms with Crippen molar-refractivity contribution in [2.24, 2.45) is 0 Å². The van der Waals surface area contributed by atoms with Crippen LogP contribution in [0.1, 0.15) is 28.5 Å². The lowest BCUT2D eigenvalue weighted by atomic mass is 10.0. The maximum absolute atomic E-state index is 15.0. The standard InChI is InChI=1S/C22H21FN4O3S/c1-3-30-19-7-14(6-17(23)20(19)13-4-5-31-12-13)22(29)27(2)10-15-8-24-18(11-28)16-9-25-26-21(15)16/h4-9,12,28H,3,10-11H2,1-2H3,(H,25,26). The second-order valence-corrected chi connectivity index (χ2v) is 7.76. The van der Waals surface area contributed by atoms with Crippen molar-refractivity contribution in [2.75, 3.05) is 13.7 Å². The van der Waals surface area contributed by atoms with Crippen molar-refractivity contribution >= 4 is 28.1 Å². The first-order valence-corrected chi connectivity index (χ1v) is 10.6. The van der Waals surface area contributed by atoms with Gasteiger partial charge in [0.1, 0.15) is 11.6 Å². The summed E-state index contributed by atoms with van der Waals surface area (Å²) in [4.78, 5) is 18.8. The summed E-state index contributed by atoms with van der Waals surface area (Å²) in [6.45, 7) is 2.19. The van der Waals surface area contributed by atoms with Crippen LogP contribution in [0.25, 0.3) is 22.0 Å². The van der Waals surface area contributed by atoms with E-state index in [-0.39, 0.29) is 24.6 Å². The zero-order valence-corrected chi connectivity index (χ0v) is 17.9. The summed E-state index contributed by atoms with van der Waals surface area (Å²) in [6, 6.07) is 4.64. The minimum atomic E-state index is -0.508. The van der Waals surface area contributed by atoms with Gasteiger partial charge in [-0.25, -0.2) is 4.39 Å². The molecule has 7 nitrogen and oxygen atoms in total. The molecule has 2 N–H and O–H groups in total. The molecule has 0 aliphatic rings. The summed E-state index contributed by atoms with van der Waals surface area (Å²) in [5, 5.41) is 20.7. The predicted molar refractivity (Wildman–Crippen MR) is 116 cm³/mol. The van der Waals surface area contributed by atoms with Crippen molar-refractivity contribution in [3.63, 3.8) is 0 Å². The van der Waals surface area contributed by atoms with E-state index in [1.54, 1.807) is 25.5 Å². The third-order valence-electron chi connectivity index (χ3n) is 4.96. The molecule has 0 aliphatic heterocycles. The number of aliphatic hydroxyl groups is 1. The smallest absolute Gasteiger partial charge is 0.254 e. The predicted octanol–water partition coefficient (Wildman–Crippen LogP) is 3.99. The van der Waals surface area contributed by atoms with Crippen LogP contribution in [-0.2, 0) is 13.2 Å². The Morgan fingerprint density at radius 3 is 2.90 bits per heavy atom. The molecule has 31 heavy (non-hydrogen) atoms. The number of hydrogen-bond donors (Lipinski definition) is 2. The van der Waals surface area contributed by atoms with Gasteiger partial charge < -0.3 is 14.7 Å². The van der Waals surface area contributed by atoms with E-state index in [0.717, 1.165) is 11.1 Å². The molecule has 0 saturated heterocycles. The van der Waals surface area contributed by atoms with Gasteiger partial charge in [0.05, 0.1) is 36.2 Å². The molecule has 9 heteroatoms. The average molecular weight is 441 g/mol. The highest BCUT2D eigenvalue weighted by Crippen LogP contribution is 2.35. The zero-order valence-electron chi connectivity index (χ0n) is 17.1. The zero-order chi connectivity index (χ0) is 22.0. The Morgan fingerprint density at radius 1 is 1.35 bits per heavy atom. The summed E-state index contributed by atoms with van der Waals surface area (Å²) < 4.78 is 20.7. The van der Waals surface area contributed by atoms with Crippen molar-refractivity contribution in [3.8, 4) is 16.9 Å². The summed E-state index contributed by atoms with van der Waals surface area (Å²) in [5.74, 6) is -0.524. The third kappa shape index (κ3) is 4.01. The van der Waals surface area contributed by atoms with Crippen molar-refractivity contribution in [1.29, 1.82) is 0 Å². The van der Waals surface area contributed by atoms with Gasteiger partial charge in [-0.2, -0.15) is 16.4 Å². The van der Waals surface area contributed by atoms with Crippen molar-refractivity contribution in [2.45, 2.75) is 20.1 Å². The van der Waals surface area contributed by atoms with Gasteiger partial charge in [-0.05, 0) is 41.4 Å². The van der Waals surface area contributed by atoms with Crippen LogP contribution in [0, 0.1) is 5.82 Å². The van der Waals surface area contributed by atoms with Crippen LogP contribution in [-0.4, -0.2) is 44.7 Å². The number of aromatic nitrogens is 3. The number of hydrogen-bond acceptors (Lipinski definition) is 6.